The van der Waals surface area contributed by atoms with E-state index in [1.54, 1.807) is 11.3 Å². The first-order valence-corrected chi connectivity index (χ1v) is 9.67. The molecule has 1 amide bonds. The van der Waals surface area contributed by atoms with Crippen molar-refractivity contribution < 1.29 is 4.79 Å². The summed E-state index contributed by atoms with van der Waals surface area (Å²) in [6.45, 7) is 7.01. The normalized spacial score (nSPS) is 15.8. The Balaban J connectivity index is 1.50. The van der Waals surface area contributed by atoms with E-state index < -0.39 is 0 Å². The van der Waals surface area contributed by atoms with E-state index >= 15 is 0 Å². The van der Waals surface area contributed by atoms with Crippen LogP contribution in [0.25, 0.3) is 0 Å². The van der Waals surface area contributed by atoms with E-state index in [1.165, 1.54) is 5.56 Å². The first kappa shape index (κ1) is 17.9. The monoisotopic (exact) mass is 358 g/mol. The maximum atomic E-state index is 12.5. The van der Waals surface area contributed by atoms with Gasteiger partial charge in [-0.3, -0.25) is 9.69 Å². The molecule has 1 aromatic heterocycles. The van der Waals surface area contributed by atoms with Crippen LogP contribution in [0, 0.1) is 6.92 Å². The van der Waals surface area contributed by atoms with Crippen molar-refractivity contribution in [3.8, 4) is 0 Å². The topological polar surface area (TPSA) is 39.7 Å². The number of rotatable bonds is 5. The van der Waals surface area contributed by atoms with E-state index in [0.29, 0.717) is 13.1 Å². The van der Waals surface area contributed by atoms with E-state index in [1.807, 2.05) is 37.1 Å². The van der Waals surface area contributed by atoms with Gasteiger partial charge in [-0.05, 0) is 18.9 Å². The Bertz CT molecular complexity index is 688. The molecule has 1 saturated heterocycles. The fraction of sp³-hybridized carbons (Fsp3) is 0.474. The van der Waals surface area contributed by atoms with E-state index in [4.69, 9.17) is 0 Å². The minimum atomic E-state index is 0.183. The van der Waals surface area contributed by atoms with Gasteiger partial charge in [0.2, 0.25) is 5.91 Å². The van der Waals surface area contributed by atoms with Gasteiger partial charge in [0, 0.05) is 45.2 Å². The van der Waals surface area contributed by atoms with Crippen molar-refractivity contribution in [3.05, 3.63) is 47.0 Å². The van der Waals surface area contributed by atoms with Gasteiger partial charge in [0.25, 0.3) is 0 Å². The zero-order chi connectivity index (χ0) is 17.6. The Morgan fingerprint density at radius 1 is 1.20 bits per heavy atom. The number of hydrogen-bond acceptors (Lipinski definition) is 5. The lowest BCUT2D eigenvalue weighted by molar-refractivity contribution is -0.131. The van der Waals surface area contributed by atoms with Crippen molar-refractivity contribution in [2.24, 2.45) is 0 Å². The SMILES string of the molecule is Cc1csc(N2CCCN(CC(=O)N(C)Cc3ccccc3)CC2)n1. The molecule has 25 heavy (non-hydrogen) atoms. The lowest BCUT2D eigenvalue weighted by atomic mass is 10.2. The van der Waals surface area contributed by atoms with Gasteiger partial charge in [-0.25, -0.2) is 4.98 Å². The highest BCUT2D eigenvalue weighted by atomic mass is 32.1. The van der Waals surface area contributed by atoms with Gasteiger partial charge in [-0.1, -0.05) is 30.3 Å². The second kappa shape index (κ2) is 8.45. The van der Waals surface area contributed by atoms with E-state index in [2.05, 4.69) is 32.3 Å². The predicted molar refractivity (Wildman–Crippen MR) is 103 cm³/mol. The number of amides is 1. The molecule has 0 atom stereocenters. The van der Waals surface area contributed by atoms with Crippen LogP contribution in [-0.2, 0) is 11.3 Å². The number of hydrogen-bond donors (Lipinski definition) is 0. The number of carbonyl (C=O) groups is 1. The molecule has 1 aliphatic heterocycles. The number of thiazole rings is 1. The van der Waals surface area contributed by atoms with Gasteiger partial charge in [0.05, 0.1) is 12.2 Å². The summed E-state index contributed by atoms with van der Waals surface area (Å²) in [4.78, 5) is 23.6. The number of aromatic nitrogens is 1. The lowest BCUT2D eigenvalue weighted by Gasteiger charge is -2.24. The van der Waals surface area contributed by atoms with Crippen LogP contribution in [0.3, 0.4) is 0 Å². The molecular weight excluding hydrogens is 332 g/mol. The van der Waals surface area contributed by atoms with Gasteiger partial charge in [0.1, 0.15) is 0 Å². The fourth-order valence-electron chi connectivity index (χ4n) is 3.06. The molecule has 3 rings (SSSR count). The highest BCUT2D eigenvalue weighted by molar-refractivity contribution is 7.13. The summed E-state index contributed by atoms with van der Waals surface area (Å²) in [6, 6.07) is 10.1. The fourth-order valence-corrected chi connectivity index (χ4v) is 3.92. The predicted octanol–water partition coefficient (Wildman–Crippen LogP) is 2.62. The van der Waals surface area contributed by atoms with Crippen LogP contribution in [0.15, 0.2) is 35.7 Å². The maximum absolute atomic E-state index is 12.5. The molecule has 0 N–H and O–H groups in total. The summed E-state index contributed by atoms with van der Waals surface area (Å²) in [5.74, 6) is 0.183. The Morgan fingerprint density at radius 3 is 2.72 bits per heavy atom. The summed E-state index contributed by atoms with van der Waals surface area (Å²) in [6.07, 6.45) is 1.06. The molecule has 6 heteroatoms. The van der Waals surface area contributed by atoms with Crippen LogP contribution < -0.4 is 4.90 Å². The number of benzene rings is 1. The molecule has 0 saturated carbocycles. The number of nitrogens with zero attached hydrogens (tertiary/aromatic N) is 4. The maximum Gasteiger partial charge on any atom is 0.236 e. The number of carbonyl (C=O) groups excluding carboxylic acids is 1. The Morgan fingerprint density at radius 2 is 2.00 bits per heavy atom. The largest absolute Gasteiger partial charge is 0.347 e. The number of aryl methyl sites for hydroxylation is 1. The van der Waals surface area contributed by atoms with Crippen molar-refractivity contribution in [3.63, 3.8) is 0 Å². The summed E-state index contributed by atoms with van der Waals surface area (Å²) in [5.41, 5.74) is 2.25. The van der Waals surface area contributed by atoms with Gasteiger partial charge in [0.15, 0.2) is 5.13 Å². The van der Waals surface area contributed by atoms with Crippen LogP contribution in [-0.4, -0.2) is 60.5 Å². The van der Waals surface area contributed by atoms with Crippen molar-refractivity contribution in [1.29, 1.82) is 0 Å². The molecular formula is C19H26N4OS. The van der Waals surface area contributed by atoms with Crippen LogP contribution >= 0.6 is 11.3 Å². The average Bonchev–Trinajstić information content (AvgIpc) is 2.91. The smallest absolute Gasteiger partial charge is 0.236 e. The van der Waals surface area contributed by atoms with E-state index in [-0.39, 0.29) is 5.91 Å². The third kappa shape index (κ3) is 5.03. The third-order valence-electron chi connectivity index (χ3n) is 4.51. The zero-order valence-corrected chi connectivity index (χ0v) is 15.8. The lowest BCUT2D eigenvalue weighted by Crippen LogP contribution is -2.39. The molecule has 2 aromatic rings. The van der Waals surface area contributed by atoms with Crippen molar-refractivity contribution in [2.45, 2.75) is 19.9 Å². The summed E-state index contributed by atoms with van der Waals surface area (Å²) in [7, 11) is 1.89. The highest BCUT2D eigenvalue weighted by Gasteiger charge is 2.20. The van der Waals surface area contributed by atoms with Crippen LogP contribution in [0.1, 0.15) is 17.7 Å². The number of likely N-dealkylation sites (N-methyl/N-ethyl adjacent to an activating group) is 1. The zero-order valence-electron chi connectivity index (χ0n) is 15.0. The molecule has 5 nitrogen and oxygen atoms in total. The molecule has 1 aromatic carbocycles. The van der Waals surface area contributed by atoms with Crippen LogP contribution in [0.2, 0.25) is 0 Å². The Hall–Kier alpha value is -1.92. The van der Waals surface area contributed by atoms with Crippen molar-refractivity contribution in [1.82, 2.24) is 14.8 Å². The summed E-state index contributed by atoms with van der Waals surface area (Å²) < 4.78 is 0. The van der Waals surface area contributed by atoms with Gasteiger partial charge in [-0.15, -0.1) is 11.3 Å². The minimum Gasteiger partial charge on any atom is -0.347 e. The van der Waals surface area contributed by atoms with Crippen molar-refractivity contribution >= 4 is 22.4 Å². The van der Waals surface area contributed by atoms with Gasteiger partial charge >= 0.3 is 0 Å². The molecule has 2 heterocycles. The summed E-state index contributed by atoms with van der Waals surface area (Å²) >= 11 is 1.71. The van der Waals surface area contributed by atoms with E-state index in [0.717, 1.165) is 43.4 Å². The highest BCUT2D eigenvalue weighted by Crippen LogP contribution is 2.21. The molecule has 0 spiro atoms. The van der Waals surface area contributed by atoms with Gasteiger partial charge in [-0.2, -0.15) is 0 Å². The second-order valence-electron chi connectivity index (χ2n) is 6.62. The molecule has 0 radical (unpaired) electrons. The first-order chi connectivity index (χ1) is 12.1. The van der Waals surface area contributed by atoms with Gasteiger partial charge < -0.3 is 9.80 Å². The standard InChI is InChI=1S/C19H26N4OS/c1-16-15-25-19(20-16)23-10-6-9-22(11-12-23)14-18(24)21(2)13-17-7-4-3-5-8-17/h3-5,7-8,15H,6,9-14H2,1-2H3. The molecule has 134 valence electrons. The quantitative estimate of drug-likeness (QED) is 0.824. The minimum absolute atomic E-state index is 0.183. The Kier molecular flexibility index (Phi) is 6.04. The molecule has 0 bridgehead atoms. The van der Waals surface area contributed by atoms with Crippen molar-refractivity contribution in [2.75, 3.05) is 44.7 Å². The Labute approximate surface area is 153 Å². The third-order valence-corrected chi connectivity index (χ3v) is 5.53. The molecule has 0 aliphatic carbocycles. The number of anilines is 1. The molecule has 1 fully saturated rings. The second-order valence-corrected chi connectivity index (χ2v) is 7.46. The molecule has 0 unspecified atom stereocenters. The van der Waals surface area contributed by atoms with E-state index in [9.17, 15) is 4.79 Å². The van der Waals surface area contributed by atoms with Crippen LogP contribution in [0.5, 0.6) is 0 Å². The first-order valence-electron chi connectivity index (χ1n) is 8.79. The molecule has 1 aliphatic rings. The summed E-state index contributed by atoms with van der Waals surface area (Å²) in [5, 5.41) is 3.20. The van der Waals surface area contributed by atoms with Crippen LogP contribution in [0.4, 0.5) is 5.13 Å². The average molecular weight is 359 g/mol.